The van der Waals surface area contributed by atoms with Crippen molar-refractivity contribution in [3.63, 3.8) is 0 Å². The van der Waals surface area contributed by atoms with Crippen LogP contribution >= 0.6 is 39.1 Å². The highest BCUT2D eigenvalue weighted by molar-refractivity contribution is 9.10. The number of aromatic nitrogens is 2. The summed E-state index contributed by atoms with van der Waals surface area (Å²) < 4.78 is 5.68. The number of carbonyl (C=O) groups excluding carboxylic acids is 1. The minimum atomic E-state index is -0.736. The number of methoxy groups -OCH3 is 1. The molecule has 1 heterocycles. The van der Waals surface area contributed by atoms with Gasteiger partial charge in [-0.3, -0.25) is 4.79 Å². The van der Waals surface area contributed by atoms with E-state index in [1.165, 1.54) is 7.11 Å². The Kier molecular flexibility index (Phi) is 4.47. The van der Waals surface area contributed by atoms with Crippen molar-refractivity contribution in [2.24, 2.45) is 5.73 Å². The smallest absolute Gasteiger partial charge is 0.256 e. The number of benzene rings is 1. The Bertz CT molecular complexity index is 674. The summed E-state index contributed by atoms with van der Waals surface area (Å²) in [4.78, 5) is 19.6. The number of ether oxygens (including phenoxy) is 1. The van der Waals surface area contributed by atoms with Crippen molar-refractivity contribution < 1.29 is 9.53 Å². The van der Waals surface area contributed by atoms with Gasteiger partial charge in [-0.25, -0.2) is 4.98 Å². The molecular formula is C12H8BrCl2N3O2. The van der Waals surface area contributed by atoms with Gasteiger partial charge in [-0.15, -0.1) is 0 Å². The second-order valence-electron chi connectivity index (χ2n) is 3.69. The molecule has 0 bridgehead atoms. The number of hydrogen-bond donors (Lipinski definition) is 1. The topological polar surface area (TPSA) is 78.1 Å². The normalized spacial score (nSPS) is 10.4. The molecule has 0 aliphatic carbocycles. The van der Waals surface area contributed by atoms with E-state index >= 15 is 0 Å². The third kappa shape index (κ3) is 2.72. The molecule has 1 aromatic heterocycles. The third-order valence-electron chi connectivity index (χ3n) is 2.49. The summed E-state index contributed by atoms with van der Waals surface area (Å²) in [6, 6.07) is 5.17. The molecule has 1 aromatic carbocycles. The Balaban J connectivity index is 2.86. The summed E-state index contributed by atoms with van der Waals surface area (Å²) in [6.07, 6.45) is 0. The van der Waals surface area contributed by atoms with Gasteiger partial charge in [-0.05, 0) is 23.7 Å². The third-order valence-corrected chi connectivity index (χ3v) is 3.63. The van der Waals surface area contributed by atoms with Crippen molar-refractivity contribution in [3.8, 4) is 17.1 Å². The fourth-order valence-corrected chi connectivity index (χ4v) is 2.78. The quantitative estimate of drug-likeness (QED) is 0.833. The van der Waals surface area contributed by atoms with Crippen molar-refractivity contribution in [3.05, 3.63) is 38.5 Å². The standard InChI is InChI=1S/C12H8BrCl2N3O2/c1-20-11-8(10(16)19)9(17-12(15)18-11)7-5(13)3-2-4-6(7)14/h2-4H,1H3,(H2,16,19). The number of rotatable bonds is 3. The summed E-state index contributed by atoms with van der Waals surface area (Å²) in [7, 11) is 1.36. The van der Waals surface area contributed by atoms with Gasteiger partial charge in [-0.1, -0.05) is 33.6 Å². The number of amides is 1. The molecular weight excluding hydrogens is 369 g/mol. The number of carbonyl (C=O) groups is 1. The second kappa shape index (κ2) is 5.95. The number of hydrogen-bond acceptors (Lipinski definition) is 4. The Morgan fingerprint density at radius 3 is 2.60 bits per heavy atom. The van der Waals surface area contributed by atoms with Crippen LogP contribution in [0.3, 0.4) is 0 Å². The van der Waals surface area contributed by atoms with E-state index in [9.17, 15) is 4.79 Å². The molecule has 2 rings (SSSR count). The van der Waals surface area contributed by atoms with Gasteiger partial charge in [0.2, 0.25) is 11.2 Å². The fourth-order valence-electron chi connectivity index (χ4n) is 1.69. The minimum Gasteiger partial charge on any atom is -0.480 e. The first-order chi connectivity index (χ1) is 9.45. The SMILES string of the molecule is COc1nc(Cl)nc(-c2c(Cl)cccc2Br)c1C(N)=O. The fraction of sp³-hybridized carbons (Fsp3) is 0.0833. The molecule has 5 nitrogen and oxygen atoms in total. The lowest BCUT2D eigenvalue weighted by Gasteiger charge is -2.12. The predicted molar refractivity (Wildman–Crippen MR) is 80.3 cm³/mol. The predicted octanol–water partition coefficient (Wildman–Crippen LogP) is 3.32. The Labute approximate surface area is 133 Å². The molecule has 20 heavy (non-hydrogen) atoms. The maximum absolute atomic E-state index is 11.7. The maximum atomic E-state index is 11.7. The first-order valence-electron chi connectivity index (χ1n) is 5.31. The van der Waals surface area contributed by atoms with Gasteiger partial charge < -0.3 is 10.5 Å². The number of nitrogens with zero attached hydrogens (tertiary/aromatic N) is 2. The average molecular weight is 377 g/mol. The zero-order valence-corrected chi connectivity index (χ0v) is 13.3. The van der Waals surface area contributed by atoms with Crippen molar-refractivity contribution in [2.75, 3.05) is 7.11 Å². The van der Waals surface area contributed by atoms with Crippen LogP contribution in [0.2, 0.25) is 10.3 Å². The van der Waals surface area contributed by atoms with Crippen LogP contribution in [-0.4, -0.2) is 23.0 Å². The molecule has 1 amide bonds. The monoisotopic (exact) mass is 375 g/mol. The van der Waals surface area contributed by atoms with E-state index in [0.717, 1.165) is 0 Å². The number of nitrogens with two attached hydrogens (primary N) is 1. The Morgan fingerprint density at radius 1 is 1.35 bits per heavy atom. The summed E-state index contributed by atoms with van der Waals surface area (Å²) in [6.45, 7) is 0. The van der Waals surface area contributed by atoms with Gasteiger partial charge in [0.25, 0.3) is 5.91 Å². The average Bonchev–Trinajstić information content (AvgIpc) is 2.37. The molecule has 8 heteroatoms. The van der Waals surface area contributed by atoms with E-state index in [1.807, 2.05) is 0 Å². The highest BCUT2D eigenvalue weighted by Crippen LogP contribution is 2.38. The largest absolute Gasteiger partial charge is 0.480 e. The van der Waals surface area contributed by atoms with Crippen LogP contribution < -0.4 is 10.5 Å². The zero-order valence-electron chi connectivity index (χ0n) is 10.2. The summed E-state index contributed by atoms with van der Waals surface area (Å²) >= 11 is 15.4. The maximum Gasteiger partial charge on any atom is 0.256 e. The Morgan fingerprint density at radius 2 is 2.05 bits per heavy atom. The van der Waals surface area contributed by atoms with Crippen molar-refractivity contribution >= 4 is 45.0 Å². The zero-order chi connectivity index (χ0) is 14.9. The van der Waals surface area contributed by atoms with Crippen molar-refractivity contribution in [1.82, 2.24) is 9.97 Å². The van der Waals surface area contributed by atoms with Crippen LogP contribution in [0, 0.1) is 0 Å². The van der Waals surface area contributed by atoms with Crippen LogP contribution in [0.25, 0.3) is 11.3 Å². The van der Waals surface area contributed by atoms with E-state index in [4.69, 9.17) is 33.7 Å². The highest BCUT2D eigenvalue weighted by Gasteiger charge is 2.23. The molecule has 2 aromatic rings. The van der Waals surface area contributed by atoms with Gasteiger partial charge in [0.15, 0.2) is 0 Å². The van der Waals surface area contributed by atoms with Crippen LogP contribution in [0.15, 0.2) is 22.7 Å². The lowest BCUT2D eigenvalue weighted by Crippen LogP contribution is -2.16. The molecule has 0 atom stereocenters. The van der Waals surface area contributed by atoms with Crippen LogP contribution in [0.5, 0.6) is 5.88 Å². The molecule has 0 saturated carbocycles. The Hall–Kier alpha value is -1.37. The molecule has 0 spiro atoms. The van der Waals surface area contributed by atoms with Crippen molar-refractivity contribution in [2.45, 2.75) is 0 Å². The van der Waals surface area contributed by atoms with Gasteiger partial charge in [-0.2, -0.15) is 4.98 Å². The molecule has 0 fully saturated rings. The van der Waals surface area contributed by atoms with E-state index < -0.39 is 5.91 Å². The number of primary amides is 1. The molecule has 0 saturated heterocycles. The highest BCUT2D eigenvalue weighted by atomic mass is 79.9. The lowest BCUT2D eigenvalue weighted by molar-refractivity contribution is 0.0997. The van der Waals surface area contributed by atoms with Crippen LogP contribution in [0.1, 0.15) is 10.4 Å². The lowest BCUT2D eigenvalue weighted by atomic mass is 10.1. The van der Waals surface area contributed by atoms with Crippen LogP contribution in [0.4, 0.5) is 0 Å². The summed E-state index contributed by atoms with van der Waals surface area (Å²) in [5.74, 6) is -0.736. The molecule has 0 aliphatic rings. The van der Waals surface area contributed by atoms with Gasteiger partial charge in [0, 0.05) is 10.0 Å². The van der Waals surface area contributed by atoms with E-state index in [0.29, 0.717) is 15.1 Å². The number of halogens is 3. The van der Waals surface area contributed by atoms with Gasteiger partial charge >= 0.3 is 0 Å². The molecule has 0 aliphatic heterocycles. The molecule has 0 radical (unpaired) electrons. The first-order valence-corrected chi connectivity index (χ1v) is 6.86. The minimum absolute atomic E-state index is 0.000630. The van der Waals surface area contributed by atoms with Gasteiger partial charge in [0.05, 0.1) is 17.8 Å². The first kappa shape index (κ1) is 15.0. The van der Waals surface area contributed by atoms with E-state index in [-0.39, 0.29) is 22.4 Å². The van der Waals surface area contributed by atoms with E-state index in [2.05, 4.69) is 25.9 Å². The molecule has 104 valence electrons. The summed E-state index contributed by atoms with van der Waals surface area (Å²) in [5, 5.41) is 0.312. The van der Waals surface area contributed by atoms with Crippen molar-refractivity contribution in [1.29, 1.82) is 0 Å². The second-order valence-corrected chi connectivity index (χ2v) is 5.29. The molecule has 0 unspecified atom stereocenters. The van der Waals surface area contributed by atoms with Gasteiger partial charge in [0.1, 0.15) is 5.56 Å². The van der Waals surface area contributed by atoms with E-state index in [1.54, 1.807) is 18.2 Å². The summed E-state index contributed by atoms with van der Waals surface area (Å²) in [5.41, 5.74) is 6.10. The molecule has 2 N–H and O–H groups in total. The van der Waals surface area contributed by atoms with Crippen LogP contribution in [-0.2, 0) is 0 Å².